The molecule has 0 saturated heterocycles. The SMILES string of the molecule is NC1(COCc2ccc(CO)cc2)CCCCCC1. The summed E-state index contributed by atoms with van der Waals surface area (Å²) in [6.45, 7) is 1.34. The number of ether oxygens (including phenoxy) is 1. The molecule has 3 heteroatoms. The van der Waals surface area contributed by atoms with Crippen LogP contribution in [0.3, 0.4) is 0 Å². The molecule has 2 rings (SSSR count). The van der Waals surface area contributed by atoms with E-state index in [-0.39, 0.29) is 12.1 Å². The fourth-order valence-electron chi connectivity index (χ4n) is 2.69. The maximum absolute atomic E-state index is 8.99. The third-order valence-corrected chi connectivity index (χ3v) is 3.96. The number of nitrogens with two attached hydrogens (primary N) is 1. The van der Waals surface area contributed by atoms with Gasteiger partial charge in [0.25, 0.3) is 0 Å². The van der Waals surface area contributed by atoms with Gasteiger partial charge >= 0.3 is 0 Å². The molecule has 3 nitrogen and oxygen atoms in total. The molecule has 1 aromatic rings. The van der Waals surface area contributed by atoms with Crippen LogP contribution >= 0.6 is 0 Å². The van der Waals surface area contributed by atoms with Gasteiger partial charge in [0, 0.05) is 5.54 Å². The van der Waals surface area contributed by atoms with Crippen LogP contribution in [0.2, 0.25) is 0 Å². The van der Waals surface area contributed by atoms with Crippen LogP contribution in [0.15, 0.2) is 24.3 Å². The molecule has 0 radical (unpaired) electrons. The second kappa shape index (κ2) is 7.04. The molecule has 1 saturated carbocycles. The third kappa shape index (κ3) is 4.60. The summed E-state index contributed by atoms with van der Waals surface area (Å²) in [6, 6.07) is 7.87. The predicted molar refractivity (Wildman–Crippen MR) is 76.6 cm³/mol. The lowest BCUT2D eigenvalue weighted by molar-refractivity contribution is 0.0667. The first kappa shape index (κ1) is 14.5. The first-order valence-corrected chi connectivity index (χ1v) is 7.27. The zero-order chi connectivity index (χ0) is 13.6. The molecule has 0 aromatic heterocycles. The smallest absolute Gasteiger partial charge is 0.0717 e. The monoisotopic (exact) mass is 263 g/mol. The summed E-state index contributed by atoms with van der Waals surface area (Å²) < 4.78 is 5.80. The Hall–Kier alpha value is -0.900. The largest absolute Gasteiger partial charge is 0.392 e. The molecule has 0 bridgehead atoms. The van der Waals surface area contributed by atoms with Crippen molar-refractivity contribution in [3.63, 3.8) is 0 Å². The van der Waals surface area contributed by atoms with E-state index in [1.54, 1.807) is 0 Å². The molecule has 0 spiro atoms. The van der Waals surface area contributed by atoms with E-state index in [0.717, 1.165) is 24.0 Å². The van der Waals surface area contributed by atoms with Crippen LogP contribution in [0.5, 0.6) is 0 Å². The van der Waals surface area contributed by atoms with E-state index in [1.165, 1.54) is 25.7 Å². The van der Waals surface area contributed by atoms with Gasteiger partial charge in [-0.3, -0.25) is 0 Å². The minimum atomic E-state index is -0.123. The van der Waals surface area contributed by atoms with Crippen LogP contribution in [-0.2, 0) is 18.0 Å². The van der Waals surface area contributed by atoms with Gasteiger partial charge in [-0.15, -0.1) is 0 Å². The van der Waals surface area contributed by atoms with Gasteiger partial charge in [0.2, 0.25) is 0 Å². The summed E-state index contributed by atoms with van der Waals surface area (Å²) in [5.41, 5.74) is 8.35. The Bertz CT molecular complexity index is 367. The van der Waals surface area contributed by atoms with Crippen LogP contribution in [-0.4, -0.2) is 17.3 Å². The maximum atomic E-state index is 8.99. The van der Waals surface area contributed by atoms with Crippen molar-refractivity contribution in [2.24, 2.45) is 5.73 Å². The minimum Gasteiger partial charge on any atom is -0.392 e. The van der Waals surface area contributed by atoms with Crippen molar-refractivity contribution in [2.75, 3.05) is 6.61 Å². The predicted octanol–water partition coefficient (Wildman–Crippen LogP) is 2.75. The van der Waals surface area contributed by atoms with Crippen LogP contribution in [0.25, 0.3) is 0 Å². The van der Waals surface area contributed by atoms with Crippen molar-refractivity contribution >= 4 is 0 Å². The number of benzene rings is 1. The number of hydrogen-bond acceptors (Lipinski definition) is 3. The average Bonchev–Trinajstić information content (AvgIpc) is 2.65. The Morgan fingerprint density at radius 3 is 2.16 bits per heavy atom. The number of rotatable bonds is 5. The van der Waals surface area contributed by atoms with Gasteiger partial charge in [0.15, 0.2) is 0 Å². The Morgan fingerprint density at radius 1 is 1.00 bits per heavy atom. The molecule has 0 atom stereocenters. The Morgan fingerprint density at radius 2 is 1.58 bits per heavy atom. The number of hydrogen-bond donors (Lipinski definition) is 2. The maximum Gasteiger partial charge on any atom is 0.0717 e. The molecule has 19 heavy (non-hydrogen) atoms. The van der Waals surface area contributed by atoms with E-state index in [4.69, 9.17) is 15.6 Å². The highest BCUT2D eigenvalue weighted by atomic mass is 16.5. The normalized spacial score (nSPS) is 19.1. The summed E-state index contributed by atoms with van der Waals surface area (Å²) in [5.74, 6) is 0. The number of aliphatic hydroxyl groups excluding tert-OH is 1. The standard InChI is InChI=1S/C16H25NO2/c17-16(9-3-1-2-4-10-16)13-19-12-15-7-5-14(11-18)6-8-15/h5-8,18H,1-4,9-13,17H2. The molecule has 106 valence electrons. The fraction of sp³-hybridized carbons (Fsp3) is 0.625. The molecule has 0 heterocycles. The molecule has 3 N–H and O–H groups in total. The lowest BCUT2D eigenvalue weighted by Crippen LogP contribution is -2.43. The molecule has 1 aliphatic rings. The van der Waals surface area contributed by atoms with Crippen LogP contribution in [0.1, 0.15) is 49.7 Å². The van der Waals surface area contributed by atoms with Gasteiger partial charge in [0.1, 0.15) is 0 Å². The van der Waals surface area contributed by atoms with Crippen molar-refractivity contribution in [1.82, 2.24) is 0 Å². The van der Waals surface area contributed by atoms with E-state index >= 15 is 0 Å². The molecule has 0 unspecified atom stereocenters. The molecule has 0 aliphatic heterocycles. The summed E-state index contributed by atoms with van der Waals surface area (Å²) in [5, 5.41) is 8.99. The first-order chi connectivity index (χ1) is 9.22. The Balaban J connectivity index is 1.78. The lowest BCUT2D eigenvalue weighted by atomic mass is 9.92. The van der Waals surface area contributed by atoms with Crippen molar-refractivity contribution in [3.8, 4) is 0 Å². The average molecular weight is 263 g/mol. The van der Waals surface area contributed by atoms with Crippen LogP contribution in [0, 0.1) is 0 Å². The highest BCUT2D eigenvalue weighted by Crippen LogP contribution is 2.25. The zero-order valence-electron chi connectivity index (χ0n) is 11.6. The van der Waals surface area contributed by atoms with Crippen LogP contribution in [0.4, 0.5) is 0 Å². The van der Waals surface area contributed by atoms with E-state index in [9.17, 15) is 0 Å². The van der Waals surface area contributed by atoms with Gasteiger partial charge in [-0.1, -0.05) is 49.9 Å². The molecular weight excluding hydrogens is 238 g/mol. The van der Waals surface area contributed by atoms with E-state index < -0.39 is 0 Å². The van der Waals surface area contributed by atoms with Gasteiger partial charge in [-0.05, 0) is 24.0 Å². The van der Waals surface area contributed by atoms with Crippen molar-refractivity contribution in [1.29, 1.82) is 0 Å². The first-order valence-electron chi connectivity index (χ1n) is 7.27. The lowest BCUT2D eigenvalue weighted by Gasteiger charge is -2.27. The van der Waals surface area contributed by atoms with Gasteiger partial charge in [-0.2, -0.15) is 0 Å². The Labute approximate surface area is 115 Å². The molecule has 1 fully saturated rings. The second-order valence-corrected chi connectivity index (χ2v) is 5.74. The van der Waals surface area contributed by atoms with E-state index in [1.807, 2.05) is 24.3 Å². The Kier molecular flexibility index (Phi) is 5.37. The van der Waals surface area contributed by atoms with E-state index in [0.29, 0.717) is 13.2 Å². The van der Waals surface area contributed by atoms with Gasteiger partial charge < -0.3 is 15.6 Å². The molecule has 1 aromatic carbocycles. The molecule has 0 amide bonds. The minimum absolute atomic E-state index is 0.0903. The van der Waals surface area contributed by atoms with Gasteiger partial charge in [0.05, 0.1) is 19.8 Å². The van der Waals surface area contributed by atoms with E-state index in [2.05, 4.69) is 0 Å². The summed E-state index contributed by atoms with van der Waals surface area (Å²) >= 11 is 0. The quantitative estimate of drug-likeness (QED) is 0.803. The zero-order valence-corrected chi connectivity index (χ0v) is 11.6. The number of aliphatic hydroxyl groups is 1. The van der Waals surface area contributed by atoms with Gasteiger partial charge in [-0.25, -0.2) is 0 Å². The molecule has 1 aliphatic carbocycles. The van der Waals surface area contributed by atoms with Crippen molar-refractivity contribution < 1.29 is 9.84 Å². The summed E-state index contributed by atoms with van der Waals surface area (Å²) in [7, 11) is 0. The second-order valence-electron chi connectivity index (χ2n) is 5.74. The topological polar surface area (TPSA) is 55.5 Å². The summed E-state index contributed by atoms with van der Waals surface area (Å²) in [6.07, 6.45) is 7.23. The fourth-order valence-corrected chi connectivity index (χ4v) is 2.69. The highest BCUT2D eigenvalue weighted by molar-refractivity contribution is 5.21. The third-order valence-electron chi connectivity index (χ3n) is 3.96. The van der Waals surface area contributed by atoms with Crippen LogP contribution < -0.4 is 5.73 Å². The van der Waals surface area contributed by atoms with Crippen molar-refractivity contribution in [3.05, 3.63) is 35.4 Å². The highest BCUT2D eigenvalue weighted by Gasteiger charge is 2.26. The summed E-state index contributed by atoms with van der Waals surface area (Å²) in [4.78, 5) is 0. The molecular formula is C16H25NO2. The van der Waals surface area contributed by atoms with Crippen molar-refractivity contribution in [2.45, 2.75) is 57.3 Å².